The SMILES string of the molecule is C/C=C(C)/C(=N/CNC(=O)CNc1c(C)c(C)nc(F)c1F)c1ccccc1NC(C)=O. The van der Waals surface area contributed by atoms with Crippen molar-refractivity contribution < 1.29 is 18.4 Å². The molecule has 1 aromatic carbocycles. The van der Waals surface area contributed by atoms with Gasteiger partial charge in [0.15, 0.2) is 0 Å². The quantitative estimate of drug-likeness (QED) is 0.426. The first-order valence-electron chi connectivity index (χ1n) is 10.0. The minimum Gasteiger partial charge on any atom is -0.373 e. The smallest absolute Gasteiger partial charge is 0.251 e. The zero-order chi connectivity index (χ0) is 23.8. The molecule has 170 valence electrons. The highest BCUT2D eigenvalue weighted by Crippen LogP contribution is 2.23. The molecule has 0 radical (unpaired) electrons. The lowest BCUT2D eigenvalue weighted by atomic mass is 10.0. The minimum atomic E-state index is -1.22. The Morgan fingerprint density at radius 3 is 2.50 bits per heavy atom. The highest BCUT2D eigenvalue weighted by molar-refractivity contribution is 6.16. The number of aromatic nitrogens is 1. The van der Waals surface area contributed by atoms with Crippen molar-refractivity contribution in [3.05, 3.63) is 64.5 Å². The van der Waals surface area contributed by atoms with Crippen molar-refractivity contribution in [3.8, 4) is 0 Å². The van der Waals surface area contributed by atoms with Crippen LogP contribution >= 0.6 is 0 Å². The summed E-state index contributed by atoms with van der Waals surface area (Å²) in [5.41, 5.74) is 3.45. The maximum Gasteiger partial charge on any atom is 0.251 e. The zero-order valence-electron chi connectivity index (χ0n) is 18.8. The van der Waals surface area contributed by atoms with Crippen LogP contribution in [-0.2, 0) is 9.59 Å². The van der Waals surface area contributed by atoms with Crippen LogP contribution in [0.5, 0.6) is 0 Å². The number of para-hydroxylation sites is 1. The van der Waals surface area contributed by atoms with E-state index in [2.05, 4.69) is 25.9 Å². The van der Waals surface area contributed by atoms with Gasteiger partial charge < -0.3 is 16.0 Å². The number of aryl methyl sites for hydroxylation is 1. The number of nitrogens with zero attached hydrogens (tertiary/aromatic N) is 2. The number of hydrogen-bond acceptors (Lipinski definition) is 5. The van der Waals surface area contributed by atoms with Crippen LogP contribution in [0.4, 0.5) is 20.2 Å². The summed E-state index contributed by atoms with van der Waals surface area (Å²) in [7, 11) is 0. The number of benzene rings is 1. The summed E-state index contributed by atoms with van der Waals surface area (Å²) in [5, 5.41) is 8.02. The Hall–Kier alpha value is -3.62. The highest BCUT2D eigenvalue weighted by Gasteiger charge is 2.16. The fraction of sp³-hybridized carbons (Fsp3) is 0.304. The minimum absolute atomic E-state index is 0.0410. The van der Waals surface area contributed by atoms with Gasteiger partial charge in [-0.15, -0.1) is 0 Å². The van der Waals surface area contributed by atoms with Crippen molar-refractivity contribution in [2.75, 3.05) is 23.8 Å². The first kappa shape index (κ1) is 24.6. The van der Waals surface area contributed by atoms with E-state index in [-0.39, 0.29) is 24.8 Å². The lowest BCUT2D eigenvalue weighted by Crippen LogP contribution is -2.31. The summed E-state index contributed by atoms with van der Waals surface area (Å²) in [5.74, 6) is -3.00. The fourth-order valence-electron chi connectivity index (χ4n) is 2.92. The maximum absolute atomic E-state index is 14.0. The summed E-state index contributed by atoms with van der Waals surface area (Å²) in [6, 6.07) is 7.22. The molecule has 2 amide bonds. The number of carbonyl (C=O) groups is 2. The number of carbonyl (C=O) groups excluding carboxylic acids is 2. The van der Waals surface area contributed by atoms with Gasteiger partial charge in [0.25, 0.3) is 5.95 Å². The second kappa shape index (κ2) is 11.1. The molecule has 0 bridgehead atoms. The molecule has 1 aromatic heterocycles. The summed E-state index contributed by atoms with van der Waals surface area (Å²) < 4.78 is 27.5. The van der Waals surface area contributed by atoms with Crippen LogP contribution in [0.15, 0.2) is 40.9 Å². The molecule has 0 aliphatic carbocycles. The molecular formula is C23H27F2N5O2. The molecule has 0 saturated carbocycles. The normalized spacial score (nSPS) is 11.8. The van der Waals surface area contributed by atoms with Crippen LogP contribution in [0, 0.1) is 25.6 Å². The summed E-state index contributed by atoms with van der Waals surface area (Å²) >= 11 is 0. The predicted octanol–water partition coefficient (Wildman–Crippen LogP) is 3.88. The maximum atomic E-state index is 14.0. The fourth-order valence-corrected chi connectivity index (χ4v) is 2.92. The zero-order valence-corrected chi connectivity index (χ0v) is 18.8. The van der Waals surface area contributed by atoms with E-state index >= 15 is 0 Å². The number of hydrogen-bond donors (Lipinski definition) is 3. The lowest BCUT2D eigenvalue weighted by Gasteiger charge is -2.14. The molecule has 0 aliphatic rings. The van der Waals surface area contributed by atoms with E-state index in [0.29, 0.717) is 28.2 Å². The molecule has 0 spiro atoms. The molecule has 32 heavy (non-hydrogen) atoms. The van der Waals surface area contributed by atoms with Crippen LogP contribution in [0.2, 0.25) is 0 Å². The Balaban J connectivity index is 2.12. The highest BCUT2D eigenvalue weighted by atomic mass is 19.2. The van der Waals surface area contributed by atoms with E-state index in [0.717, 1.165) is 5.57 Å². The number of halogens is 2. The molecule has 7 nitrogen and oxygen atoms in total. The van der Waals surface area contributed by atoms with Gasteiger partial charge in [-0.2, -0.15) is 8.78 Å². The number of rotatable bonds is 8. The van der Waals surface area contributed by atoms with Gasteiger partial charge in [0.05, 0.1) is 23.6 Å². The Kier molecular flexibility index (Phi) is 8.57. The third-order valence-corrected chi connectivity index (χ3v) is 4.82. The van der Waals surface area contributed by atoms with E-state index < -0.39 is 17.7 Å². The van der Waals surface area contributed by atoms with Crippen LogP contribution in [0.1, 0.15) is 37.6 Å². The molecule has 2 rings (SSSR count). The lowest BCUT2D eigenvalue weighted by molar-refractivity contribution is -0.119. The van der Waals surface area contributed by atoms with Gasteiger partial charge >= 0.3 is 0 Å². The van der Waals surface area contributed by atoms with E-state index in [1.54, 1.807) is 26.0 Å². The molecule has 0 atom stereocenters. The van der Waals surface area contributed by atoms with Crippen LogP contribution < -0.4 is 16.0 Å². The monoisotopic (exact) mass is 443 g/mol. The molecule has 0 aliphatic heterocycles. The molecular weight excluding hydrogens is 416 g/mol. The second-order valence-electron chi connectivity index (χ2n) is 7.12. The Morgan fingerprint density at radius 1 is 1.16 bits per heavy atom. The number of allylic oxidation sites excluding steroid dienone is 2. The Morgan fingerprint density at radius 2 is 1.84 bits per heavy atom. The summed E-state index contributed by atoms with van der Waals surface area (Å²) in [6.07, 6.45) is 1.87. The van der Waals surface area contributed by atoms with Gasteiger partial charge in [-0.1, -0.05) is 24.3 Å². The van der Waals surface area contributed by atoms with Crippen molar-refractivity contribution in [2.24, 2.45) is 4.99 Å². The van der Waals surface area contributed by atoms with Crippen LogP contribution in [0.3, 0.4) is 0 Å². The van der Waals surface area contributed by atoms with Gasteiger partial charge in [-0.25, -0.2) is 4.98 Å². The topological polar surface area (TPSA) is 95.5 Å². The van der Waals surface area contributed by atoms with E-state index in [9.17, 15) is 18.4 Å². The number of aliphatic imine (C=N–C) groups is 1. The standard InChI is InChI=1S/C23H27F2N5O2/c1-6-13(2)21(17-9-7-8-10-18(17)30-16(5)31)28-12-27-19(32)11-26-22-14(3)15(4)29-23(25)20(22)24/h6-10H,11-12H2,1-5H3,(H,26,29)(H,27,32)(H,30,31)/b13-6+,28-21-. The predicted molar refractivity (Wildman–Crippen MR) is 122 cm³/mol. The summed E-state index contributed by atoms with van der Waals surface area (Å²) in [6.45, 7) is 8.00. The Bertz CT molecular complexity index is 1050. The first-order valence-corrected chi connectivity index (χ1v) is 10.0. The van der Waals surface area contributed by atoms with Gasteiger partial charge in [0.1, 0.15) is 6.67 Å². The van der Waals surface area contributed by atoms with Crippen LogP contribution in [0.25, 0.3) is 0 Å². The molecule has 2 aromatic rings. The number of amides is 2. The number of anilines is 2. The van der Waals surface area contributed by atoms with Crippen molar-refractivity contribution in [2.45, 2.75) is 34.6 Å². The van der Waals surface area contributed by atoms with E-state index in [1.165, 1.54) is 6.92 Å². The first-order chi connectivity index (χ1) is 15.1. The second-order valence-corrected chi connectivity index (χ2v) is 7.12. The third-order valence-electron chi connectivity index (χ3n) is 4.82. The van der Waals surface area contributed by atoms with Crippen molar-refractivity contribution in [3.63, 3.8) is 0 Å². The van der Waals surface area contributed by atoms with Gasteiger partial charge in [0, 0.05) is 18.2 Å². The molecule has 1 heterocycles. The van der Waals surface area contributed by atoms with Crippen LogP contribution in [-0.4, -0.2) is 35.7 Å². The summed E-state index contributed by atoms with van der Waals surface area (Å²) in [4.78, 5) is 31.7. The van der Waals surface area contributed by atoms with Crippen molar-refractivity contribution >= 4 is 28.9 Å². The molecule has 3 N–H and O–H groups in total. The van der Waals surface area contributed by atoms with Crippen molar-refractivity contribution in [1.29, 1.82) is 0 Å². The average Bonchev–Trinajstić information content (AvgIpc) is 2.75. The Labute approximate surface area is 186 Å². The average molecular weight is 443 g/mol. The van der Waals surface area contributed by atoms with Gasteiger partial charge in [-0.3, -0.25) is 14.6 Å². The number of nitrogens with one attached hydrogen (secondary N) is 3. The van der Waals surface area contributed by atoms with E-state index in [4.69, 9.17) is 0 Å². The molecule has 0 fully saturated rings. The number of pyridine rings is 1. The van der Waals surface area contributed by atoms with Gasteiger partial charge in [0.2, 0.25) is 17.6 Å². The van der Waals surface area contributed by atoms with Crippen molar-refractivity contribution in [1.82, 2.24) is 10.3 Å². The largest absolute Gasteiger partial charge is 0.373 e. The van der Waals surface area contributed by atoms with E-state index in [1.807, 2.05) is 32.1 Å². The molecule has 0 unspecified atom stereocenters. The van der Waals surface area contributed by atoms with Gasteiger partial charge in [-0.05, 0) is 44.9 Å². The third kappa shape index (κ3) is 6.19. The molecule has 0 saturated heterocycles. The molecule has 9 heteroatoms.